The van der Waals surface area contributed by atoms with E-state index in [1.165, 1.54) is 4.31 Å². The summed E-state index contributed by atoms with van der Waals surface area (Å²) in [6.07, 6.45) is 4.01. The quantitative estimate of drug-likeness (QED) is 0.733. The minimum absolute atomic E-state index is 0.107. The van der Waals surface area contributed by atoms with Gasteiger partial charge in [0.05, 0.1) is 5.75 Å². The molecule has 2 fully saturated rings. The normalized spacial score (nSPS) is 18.4. The van der Waals surface area contributed by atoms with Gasteiger partial charge in [0.25, 0.3) is 0 Å². The van der Waals surface area contributed by atoms with Crippen LogP contribution in [0.2, 0.25) is 0 Å². The number of nitrogens with zero attached hydrogens (tertiary/aromatic N) is 5. The summed E-state index contributed by atoms with van der Waals surface area (Å²) in [4.78, 5) is 13.2. The van der Waals surface area contributed by atoms with Crippen molar-refractivity contribution in [2.45, 2.75) is 18.6 Å². The summed E-state index contributed by atoms with van der Waals surface area (Å²) in [6, 6.07) is 4.67. The van der Waals surface area contributed by atoms with Crippen LogP contribution in [0, 0.1) is 11.6 Å². The fraction of sp³-hybridized carbons (Fsp3) is 0.474. The molecule has 0 spiro atoms. The Labute approximate surface area is 169 Å². The van der Waals surface area contributed by atoms with Crippen LogP contribution in [0.3, 0.4) is 0 Å². The van der Waals surface area contributed by atoms with Crippen LogP contribution < -0.4 is 9.80 Å². The standard InChI is InChI=1S/C19H23F2N5O2S/c20-16-11-15(12-17(21)13-16)14-29(27,28)26-9-7-24(8-10-26)18-3-4-22-19(23-18)25-5-1-2-6-25/h3-4,11-13H,1-2,5-10,14H2. The summed E-state index contributed by atoms with van der Waals surface area (Å²) in [5, 5.41) is 0. The van der Waals surface area contributed by atoms with E-state index in [9.17, 15) is 17.2 Å². The first-order chi connectivity index (χ1) is 13.9. The molecule has 1 aromatic carbocycles. The zero-order valence-electron chi connectivity index (χ0n) is 16.0. The van der Waals surface area contributed by atoms with Crippen molar-refractivity contribution in [1.82, 2.24) is 14.3 Å². The second-order valence-electron chi connectivity index (χ2n) is 7.33. The van der Waals surface area contributed by atoms with Gasteiger partial charge >= 0.3 is 0 Å². The average Bonchev–Trinajstić information content (AvgIpc) is 3.22. The topological polar surface area (TPSA) is 69.6 Å². The fourth-order valence-corrected chi connectivity index (χ4v) is 5.27. The molecule has 0 N–H and O–H groups in total. The third-order valence-electron chi connectivity index (χ3n) is 5.24. The van der Waals surface area contributed by atoms with E-state index >= 15 is 0 Å². The van der Waals surface area contributed by atoms with Gasteiger partial charge in [0.1, 0.15) is 17.5 Å². The van der Waals surface area contributed by atoms with Crippen molar-refractivity contribution in [3.63, 3.8) is 0 Å². The van der Waals surface area contributed by atoms with E-state index in [0.29, 0.717) is 32.1 Å². The Morgan fingerprint density at radius 1 is 0.897 bits per heavy atom. The number of sulfonamides is 1. The molecular weight excluding hydrogens is 400 g/mol. The molecule has 2 aliphatic rings. The number of halogens is 2. The number of anilines is 2. The molecule has 2 aliphatic heterocycles. The maximum absolute atomic E-state index is 13.4. The van der Waals surface area contributed by atoms with E-state index in [1.807, 2.05) is 11.0 Å². The number of rotatable bonds is 5. The lowest BCUT2D eigenvalue weighted by Crippen LogP contribution is -2.49. The van der Waals surface area contributed by atoms with Crippen LogP contribution in [-0.2, 0) is 15.8 Å². The van der Waals surface area contributed by atoms with Gasteiger partial charge in [-0.15, -0.1) is 0 Å². The highest BCUT2D eigenvalue weighted by atomic mass is 32.2. The highest BCUT2D eigenvalue weighted by Crippen LogP contribution is 2.21. The first-order valence-electron chi connectivity index (χ1n) is 9.66. The van der Waals surface area contributed by atoms with Crippen molar-refractivity contribution >= 4 is 21.8 Å². The van der Waals surface area contributed by atoms with E-state index in [4.69, 9.17) is 0 Å². The number of aromatic nitrogens is 2. The molecule has 0 radical (unpaired) electrons. The lowest BCUT2D eigenvalue weighted by Gasteiger charge is -2.35. The number of benzene rings is 1. The van der Waals surface area contributed by atoms with Gasteiger partial charge in [-0.25, -0.2) is 22.2 Å². The van der Waals surface area contributed by atoms with Crippen molar-refractivity contribution in [1.29, 1.82) is 0 Å². The van der Waals surface area contributed by atoms with Crippen LogP contribution in [-0.4, -0.2) is 62.0 Å². The Morgan fingerprint density at radius 2 is 1.55 bits per heavy atom. The highest BCUT2D eigenvalue weighted by Gasteiger charge is 2.28. The summed E-state index contributed by atoms with van der Waals surface area (Å²) < 4.78 is 53.4. The molecular formula is C19H23F2N5O2S. The van der Waals surface area contributed by atoms with Crippen molar-refractivity contribution < 1.29 is 17.2 Å². The van der Waals surface area contributed by atoms with Crippen LogP contribution in [0.25, 0.3) is 0 Å². The largest absolute Gasteiger partial charge is 0.354 e. The monoisotopic (exact) mass is 423 g/mol. The van der Waals surface area contributed by atoms with Gasteiger partial charge in [-0.05, 0) is 36.6 Å². The van der Waals surface area contributed by atoms with E-state index in [0.717, 1.165) is 49.9 Å². The molecule has 3 heterocycles. The van der Waals surface area contributed by atoms with Crippen molar-refractivity contribution in [2.75, 3.05) is 49.1 Å². The highest BCUT2D eigenvalue weighted by molar-refractivity contribution is 7.88. The van der Waals surface area contributed by atoms with Crippen molar-refractivity contribution in [3.8, 4) is 0 Å². The van der Waals surface area contributed by atoms with Gasteiger partial charge in [0.15, 0.2) is 0 Å². The number of hydrogen-bond donors (Lipinski definition) is 0. The molecule has 4 rings (SSSR count). The molecule has 0 aliphatic carbocycles. The zero-order valence-corrected chi connectivity index (χ0v) is 16.8. The van der Waals surface area contributed by atoms with Gasteiger partial charge in [-0.2, -0.15) is 9.29 Å². The minimum Gasteiger partial charge on any atom is -0.354 e. The van der Waals surface area contributed by atoms with Crippen LogP contribution in [0.15, 0.2) is 30.5 Å². The molecule has 10 heteroatoms. The Balaban J connectivity index is 1.40. The average molecular weight is 423 g/mol. The SMILES string of the molecule is O=S(=O)(Cc1cc(F)cc(F)c1)N1CCN(c2ccnc(N3CCCC3)n2)CC1. The van der Waals surface area contributed by atoms with Crippen LogP contribution in [0.4, 0.5) is 20.5 Å². The molecule has 29 heavy (non-hydrogen) atoms. The number of hydrogen-bond acceptors (Lipinski definition) is 6. The molecule has 156 valence electrons. The summed E-state index contributed by atoms with van der Waals surface area (Å²) in [5.74, 6) is -0.488. The molecule has 0 bridgehead atoms. The molecule has 0 amide bonds. The maximum atomic E-state index is 13.4. The third kappa shape index (κ3) is 4.64. The zero-order chi connectivity index (χ0) is 20.4. The smallest absolute Gasteiger partial charge is 0.227 e. The molecule has 0 saturated carbocycles. The Hall–Kier alpha value is -2.33. The number of piperazine rings is 1. The van der Waals surface area contributed by atoms with Crippen LogP contribution >= 0.6 is 0 Å². The molecule has 1 aromatic heterocycles. The Kier molecular flexibility index (Phi) is 5.64. The van der Waals surface area contributed by atoms with Gasteiger partial charge in [0, 0.05) is 51.5 Å². The Morgan fingerprint density at radius 3 is 2.21 bits per heavy atom. The van der Waals surface area contributed by atoms with Crippen LogP contribution in [0.1, 0.15) is 18.4 Å². The molecule has 2 saturated heterocycles. The minimum atomic E-state index is -3.66. The molecule has 0 unspecified atom stereocenters. The van der Waals surface area contributed by atoms with Gasteiger partial charge in [-0.1, -0.05) is 0 Å². The fourth-order valence-electron chi connectivity index (χ4n) is 3.78. The first-order valence-corrected chi connectivity index (χ1v) is 11.3. The summed E-state index contributed by atoms with van der Waals surface area (Å²) in [6.45, 7) is 3.49. The Bertz CT molecular complexity index is 954. The summed E-state index contributed by atoms with van der Waals surface area (Å²) in [5.41, 5.74) is 0.107. The lowest BCUT2D eigenvalue weighted by atomic mass is 10.2. The second kappa shape index (κ2) is 8.19. The van der Waals surface area contributed by atoms with Gasteiger partial charge in [-0.3, -0.25) is 0 Å². The predicted molar refractivity (Wildman–Crippen MR) is 106 cm³/mol. The first kappa shape index (κ1) is 20.0. The van der Waals surface area contributed by atoms with Gasteiger partial charge in [0.2, 0.25) is 16.0 Å². The van der Waals surface area contributed by atoms with Gasteiger partial charge < -0.3 is 9.80 Å². The second-order valence-corrected chi connectivity index (χ2v) is 9.30. The van der Waals surface area contributed by atoms with E-state index in [2.05, 4.69) is 14.9 Å². The summed E-state index contributed by atoms with van der Waals surface area (Å²) >= 11 is 0. The van der Waals surface area contributed by atoms with Crippen molar-refractivity contribution in [2.24, 2.45) is 0 Å². The molecule has 7 nitrogen and oxygen atoms in total. The van der Waals surface area contributed by atoms with Crippen molar-refractivity contribution in [3.05, 3.63) is 47.7 Å². The lowest BCUT2D eigenvalue weighted by molar-refractivity contribution is 0.383. The maximum Gasteiger partial charge on any atom is 0.227 e. The molecule has 0 atom stereocenters. The summed E-state index contributed by atoms with van der Waals surface area (Å²) in [7, 11) is -3.66. The predicted octanol–water partition coefficient (Wildman–Crippen LogP) is 2.01. The van der Waals surface area contributed by atoms with E-state index in [1.54, 1.807) is 6.20 Å². The van der Waals surface area contributed by atoms with E-state index in [-0.39, 0.29) is 5.56 Å². The van der Waals surface area contributed by atoms with Crippen LogP contribution in [0.5, 0.6) is 0 Å². The van der Waals surface area contributed by atoms with E-state index < -0.39 is 27.4 Å². The molecule has 2 aromatic rings. The third-order valence-corrected chi connectivity index (χ3v) is 7.09.